The number of aromatic nitrogens is 2. The molecule has 0 spiro atoms. The van der Waals surface area contributed by atoms with Gasteiger partial charge in [0.15, 0.2) is 0 Å². The first-order chi connectivity index (χ1) is 15.6. The zero-order valence-electron chi connectivity index (χ0n) is 18.5. The van der Waals surface area contributed by atoms with Crippen LogP contribution in [-0.2, 0) is 6.42 Å². The van der Waals surface area contributed by atoms with E-state index in [-0.39, 0.29) is 6.03 Å². The molecule has 0 radical (unpaired) electrons. The normalized spacial score (nSPS) is 10.7. The summed E-state index contributed by atoms with van der Waals surface area (Å²) >= 11 is 0. The number of carbonyl (C=O) groups is 1. The highest BCUT2D eigenvalue weighted by molar-refractivity contribution is 5.89. The van der Waals surface area contributed by atoms with Crippen LogP contribution in [0.15, 0.2) is 84.9 Å². The van der Waals surface area contributed by atoms with Crippen molar-refractivity contribution in [3.8, 4) is 16.9 Å². The van der Waals surface area contributed by atoms with Gasteiger partial charge in [-0.25, -0.2) is 9.48 Å². The predicted octanol–water partition coefficient (Wildman–Crippen LogP) is 5.91. The number of hydrogen-bond acceptors (Lipinski definition) is 2. The van der Waals surface area contributed by atoms with Gasteiger partial charge < -0.3 is 10.6 Å². The highest BCUT2D eigenvalue weighted by Crippen LogP contribution is 2.24. The van der Waals surface area contributed by atoms with Gasteiger partial charge in [-0.3, -0.25) is 0 Å². The fraction of sp³-hybridized carbons (Fsp3) is 0.185. The molecular weight excluding hydrogens is 396 g/mol. The lowest BCUT2D eigenvalue weighted by Crippen LogP contribution is -2.30. The minimum absolute atomic E-state index is 0.186. The summed E-state index contributed by atoms with van der Waals surface area (Å²) in [5.41, 5.74) is 7.32. The molecule has 0 unspecified atom stereocenters. The van der Waals surface area contributed by atoms with E-state index in [4.69, 9.17) is 5.10 Å². The second kappa shape index (κ2) is 9.96. The summed E-state index contributed by atoms with van der Waals surface area (Å²) in [5, 5.41) is 10.7. The summed E-state index contributed by atoms with van der Waals surface area (Å²) in [6, 6.07) is 28.4. The van der Waals surface area contributed by atoms with Crippen molar-refractivity contribution in [1.82, 2.24) is 15.1 Å². The van der Waals surface area contributed by atoms with Gasteiger partial charge in [0.25, 0.3) is 0 Å². The molecule has 3 aromatic carbocycles. The van der Waals surface area contributed by atoms with Crippen LogP contribution in [0.2, 0.25) is 0 Å². The number of rotatable bonds is 7. The highest BCUT2D eigenvalue weighted by Gasteiger charge is 2.12. The van der Waals surface area contributed by atoms with Crippen LogP contribution in [0.4, 0.5) is 10.5 Å². The number of nitrogens with one attached hydrogen (secondary N) is 2. The average Bonchev–Trinajstić information content (AvgIpc) is 3.24. The Labute approximate surface area is 189 Å². The molecule has 5 nitrogen and oxygen atoms in total. The second-order valence-corrected chi connectivity index (χ2v) is 7.93. The fourth-order valence-electron chi connectivity index (χ4n) is 3.60. The maximum Gasteiger partial charge on any atom is 0.319 e. The lowest BCUT2D eigenvalue weighted by molar-refractivity contribution is 0.252. The first kappa shape index (κ1) is 21.4. The Morgan fingerprint density at radius 2 is 1.62 bits per heavy atom. The maximum atomic E-state index is 12.2. The Kier molecular flexibility index (Phi) is 6.66. The quantitative estimate of drug-likeness (QED) is 0.362. The van der Waals surface area contributed by atoms with Gasteiger partial charge in [-0.15, -0.1) is 0 Å². The molecule has 0 bridgehead atoms. The van der Waals surface area contributed by atoms with Crippen molar-refractivity contribution in [3.63, 3.8) is 0 Å². The van der Waals surface area contributed by atoms with Crippen molar-refractivity contribution in [2.45, 2.75) is 26.7 Å². The molecule has 2 amide bonds. The third-order valence-corrected chi connectivity index (χ3v) is 5.40. The van der Waals surface area contributed by atoms with E-state index >= 15 is 0 Å². The van der Waals surface area contributed by atoms with Crippen LogP contribution < -0.4 is 10.6 Å². The molecule has 4 rings (SSSR count). The van der Waals surface area contributed by atoms with Crippen molar-refractivity contribution in [1.29, 1.82) is 0 Å². The summed E-state index contributed by atoms with van der Waals surface area (Å²) in [6.45, 7) is 4.64. The number of nitrogens with zero attached hydrogens (tertiary/aromatic N) is 2. The molecule has 4 aromatic rings. The number of urea groups is 1. The Bertz CT molecular complexity index is 1180. The maximum absolute atomic E-state index is 12.2. The van der Waals surface area contributed by atoms with E-state index in [1.165, 1.54) is 5.56 Å². The van der Waals surface area contributed by atoms with Gasteiger partial charge in [-0.2, -0.15) is 5.10 Å². The second-order valence-electron chi connectivity index (χ2n) is 7.93. The van der Waals surface area contributed by atoms with Gasteiger partial charge >= 0.3 is 6.03 Å². The monoisotopic (exact) mass is 424 g/mol. The molecule has 0 fully saturated rings. The van der Waals surface area contributed by atoms with Crippen molar-refractivity contribution >= 4 is 11.7 Å². The Balaban J connectivity index is 1.41. The number of aryl methyl sites for hydroxylation is 3. The van der Waals surface area contributed by atoms with Gasteiger partial charge in [0.05, 0.1) is 17.1 Å². The molecule has 0 aliphatic carbocycles. The lowest BCUT2D eigenvalue weighted by Gasteiger charge is -2.09. The molecule has 1 aromatic heterocycles. The SMILES string of the molecule is Cc1ccc(-n2nc(CCCNC(=O)Nc3ccccc3C)cc2-c2ccccc2)cc1. The van der Waals surface area contributed by atoms with Crippen LogP contribution in [0.25, 0.3) is 16.9 Å². The Morgan fingerprint density at radius 3 is 2.38 bits per heavy atom. The van der Waals surface area contributed by atoms with Crippen LogP contribution >= 0.6 is 0 Å². The van der Waals surface area contributed by atoms with Crippen LogP contribution in [0.3, 0.4) is 0 Å². The molecule has 32 heavy (non-hydrogen) atoms. The molecule has 0 saturated carbocycles. The van der Waals surface area contributed by atoms with Gasteiger partial charge in [0.1, 0.15) is 0 Å². The topological polar surface area (TPSA) is 59.0 Å². The molecule has 162 valence electrons. The van der Waals surface area contributed by atoms with Crippen LogP contribution in [0.1, 0.15) is 23.2 Å². The van der Waals surface area contributed by atoms with Crippen molar-refractivity contribution in [2.24, 2.45) is 0 Å². The van der Waals surface area contributed by atoms with E-state index in [9.17, 15) is 4.79 Å². The van der Waals surface area contributed by atoms with Crippen molar-refractivity contribution in [3.05, 3.63) is 102 Å². The predicted molar refractivity (Wildman–Crippen MR) is 130 cm³/mol. The number of anilines is 1. The molecule has 0 atom stereocenters. The summed E-state index contributed by atoms with van der Waals surface area (Å²) in [6.07, 6.45) is 1.59. The minimum atomic E-state index is -0.186. The molecule has 0 saturated heterocycles. The van der Waals surface area contributed by atoms with Crippen LogP contribution in [0, 0.1) is 13.8 Å². The zero-order valence-corrected chi connectivity index (χ0v) is 18.5. The Morgan fingerprint density at radius 1 is 0.906 bits per heavy atom. The van der Waals surface area contributed by atoms with Crippen LogP contribution in [0.5, 0.6) is 0 Å². The summed E-state index contributed by atoms with van der Waals surface area (Å²) in [5.74, 6) is 0. The van der Waals surface area contributed by atoms with E-state index in [2.05, 4.69) is 60.0 Å². The van der Waals surface area contributed by atoms with E-state index in [1.807, 2.05) is 54.1 Å². The smallest absolute Gasteiger partial charge is 0.319 e. The standard InChI is InChI=1S/C27H28N4O/c1-20-14-16-24(17-15-20)31-26(22-10-4-3-5-11-22)19-23(30-31)12-8-18-28-27(32)29-25-13-7-6-9-21(25)2/h3-7,9-11,13-17,19H,8,12,18H2,1-2H3,(H2,28,29,32). The van der Waals surface area contributed by atoms with Gasteiger partial charge in [-0.1, -0.05) is 66.2 Å². The van der Waals surface area contributed by atoms with E-state index in [0.717, 1.165) is 46.7 Å². The third-order valence-electron chi connectivity index (χ3n) is 5.40. The number of benzene rings is 3. The number of hydrogen-bond donors (Lipinski definition) is 2. The number of amides is 2. The first-order valence-electron chi connectivity index (χ1n) is 10.9. The highest BCUT2D eigenvalue weighted by atomic mass is 16.2. The largest absolute Gasteiger partial charge is 0.338 e. The van der Waals surface area contributed by atoms with Gasteiger partial charge in [0.2, 0.25) is 0 Å². The van der Waals surface area contributed by atoms with Crippen LogP contribution in [-0.4, -0.2) is 22.4 Å². The first-order valence-corrected chi connectivity index (χ1v) is 10.9. The number of para-hydroxylation sites is 1. The third kappa shape index (κ3) is 5.24. The molecule has 5 heteroatoms. The lowest BCUT2D eigenvalue weighted by atomic mass is 10.1. The molecule has 1 heterocycles. The molecule has 2 N–H and O–H groups in total. The van der Waals surface area contributed by atoms with Crippen molar-refractivity contribution in [2.75, 3.05) is 11.9 Å². The molecule has 0 aliphatic rings. The molecule has 0 aliphatic heterocycles. The zero-order chi connectivity index (χ0) is 22.3. The van der Waals surface area contributed by atoms with Gasteiger partial charge in [-0.05, 0) is 56.5 Å². The van der Waals surface area contributed by atoms with Crippen molar-refractivity contribution < 1.29 is 4.79 Å². The summed E-state index contributed by atoms with van der Waals surface area (Å²) < 4.78 is 2.00. The van der Waals surface area contributed by atoms with E-state index in [1.54, 1.807) is 0 Å². The van der Waals surface area contributed by atoms with E-state index in [0.29, 0.717) is 6.54 Å². The Hall–Kier alpha value is -3.86. The fourth-order valence-corrected chi connectivity index (χ4v) is 3.60. The summed E-state index contributed by atoms with van der Waals surface area (Å²) in [4.78, 5) is 12.2. The average molecular weight is 425 g/mol. The van der Waals surface area contributed by atoms with E-state index < -0.39 is 0 Å². The summed E-state index contributed by atoms with van der Waals surface area (Å²) in [7, 11) is 0. The van der Waals surface area contributed by atoms with Gasteiger partial charge in [0, 0.05) is 17.8 Å². The minimum Gasteiger partial charge on any atom is -0.338 e. The molecular formula is C27H28N4O. The number of carbonyl (C=O) groups excluding carboxylic acids is 1.